The van der Waals surface area contributed by atoms with Crippen LogP contribution >= 0.6 is 11.3 Å². The molecule has 4 fully saturated rings. The van der Waals surface area contributed by atoms with E-state index in [1.165, 1.54) is 19.3 Å². The summed E-state index contributed by atoms with van der Waals surface area (Å²) in [5, 5.41) is 10.5. The van der Waals surface area contributed by atoms with E-state index in [1.54, 1.807) is 11.3 Å². The van der Waals surface area contributed by atoms with E-state index in [4.69, 9.17) is 9.26 Å². The molecule has 8 heteroatoms. The van der Waals surface area contributed by atoms with E-state index in [9.17, 15) is 9.59 Å². The Hall–Kier alpha value is -2.22. The number of rotatable bonds is 6. The maximum Gasteiger partial charge on any atom is 0.325 e. The number of hydrogen-bond donors (Lipinski definition) is 1. The minimum absolute atomic E-state index is 0.0288. The Bertz CT molecular complexity index is 841. The second-order valence-corrected chi connectivity index (χ2v) is 9.35. The van der Waals surface area contributed by atoms with Crippen molar-refractivity contribution < 1.29 is 18.8 Å². The predicted molar refractivity (Wildman–Crippen MR) is 101 cm³/mol. The molecule has 4 aliphatic carbocycles. The molecular weight excluding hydrogens is 378 g/mol. The van der Waals surface area contributed by atoms with Gasteiger partial charge in [-0.05, 0) is 67.7 Å². The third-order valence-corrected chi connectivity index (χ3v) is 7.20. The van der Waals surface area contributed by atoms with E-state index in [0.29, 0.717) is 23.6 Å². The fourth-order valence-electron chi connectivity index (χ4n) is 5.74. The molecule has 6 rings (SSSR count). The molecule has 0 saturated heterocycles. The van der Waals surface area contributed by atoms with Gasteiger partial charge in [-0.15, -0.1) is 0 Å². The average Bonchev–Trinajstić information content (AvgIpc) is 3.34. The zero-order chi connectivity index (χ0) is 19.1. The normalized spacial score (nSPS) is 30.4. The summed E-state index contributed by atoms with van der Waals surface area (Å²) in [6.45, 7) is -0.213. The number of carbonyl (C=O) groups excluding carboxylic acids is 2. The second kappa shape index (κ2) is 6.99. The largest absolute Gasteiger partial charge is 0.454 e. The van der Waals surface area contributed by atoms with Gasteiger partial charge < -0.3 is 14.6 Å². The molecule has 1 N–H and O–H groups in total. The lowest BCUT2D eigenvalue weighted by Gasteiger charge is -2.55. The summed E-state index contributed by atoms with van der Waals surface area (Å²) in [4.78, 5) is 29.1. The van der Waals surface area contributed by atoms with Gasteiger partial charge in [0, 0.05) is 16.4 Å². The molecular formula is C20H23N3O4S. The number of nitrogens with zero attached hydrogens (tertiary/aromatic N) is 2. The van der Waals surface area contributed by atoms with Crippen molar-refractivity contribution >= 4 is 23.2 Å². The zero-order valence-electron chi connectivity index (χ0n) is 15.6. The Morgan fingerprint density at radius 3 is 2.57 bits per heavy atom. The van der Waals surface area contributed by atoms with E-state index in [-0.39, 0.29) is 30.4 Å². The van der Waals surface area contributed by atoms with Gasteiger partial charge in [0.2, 0.25) is 11.7 Å². The fraction of sp³-hybridized carbons (Fsp3) is 0.600. The standard InChI is InChI=1S/C20H23N3O4S/c24-17(26-10-16-22-18(23-27-16)15-1-2-28-11-15)9-21-19(25)20-6-12-3-13(7-20)5-14(4-12)8-20/h1-2,11-14H,3-10H2,(H,21,25). The number of ether oxygens (including phenoxy) is 1. The van der Waals surface area contributed by atoms with Gasteiger partial charge in [0.25, 0.3) is 5.89 Å². The van der Waals surface area contributed by atoms with Crippen LogP contribution in [0.2, 0.25) is 0 Å². The van der Waals surface area contributed by atoms with E-state index >= 15 is 0 Å². The number of nitrogens with one attached hydrogen (secondary N) is 1. The minimum atomic E-state index is -0.492. The molecule has 0 radical (unpaired) electrons. The SMILES string of the molecule is O=C(CNC(=O)C12CC3CC(CC(C3)C1)C2)OCc1nc(-c2ccsc2)no1. The van der Waals surface area contributed by atoms with Crippen LogP contribution in [0, 0.1) is 23.2 Å². The van der Waals surface area contributed by atoms with Crippen LogP contribution in [0.1, 0.15) is 44.4 Å². The summed E-state index contributed by atoms with van der Waals surface area (Å²) in [6.07, 6.45) is 6.79. The van der Waals surface area contributed by atoms with Crippen LogP contribution in [0.5, 0.6) is 0 Å². The third kappa shape index (κ3) is 3.34. The van der Waals surface area contributed by atoms with Crippen LogP contribution in [0.4, 0.5) is 0 Å². The van der Waals surface area contributed by atoms with Gasteiger partial charge in [-0.1, -0.05) is 5.16 Å². The first-order valence-corrected chi connectivity index (χ1v) is 10.8. The molecule has 28 heavy (non-hydrogen) atoms. The Morgan fingerprint density at radius 1 is 1.21 bits per heavy atom. The Kier molecular flexibility index (Phi) is 4.45. The maximum atomic E-state index is 12.9. The fourth-order valence-corrected chi connectivity index (χ4v) is 6.38. The number of thiophene rings is 1. The molecule has 148 valence electrons. The predicted octanol–water partition coefficient (Wildman–Crippen LogP) is 3.17. The highest BCUT2D eigenvalue weighted by Crippen LogP contribution is 2.60. The first-order chi connectivity index (χ1) is 13.6. The summed E-state index contributed by atoms with van der Waals surface area (Å²) in [6, 6.07) is 1.89. The molecule has 1 amide bonds. The van der Waals surface area contributed by atoms with Gasteiger partial charge in [-0.3, -0.25) is 9.59 Å². The van der Waals surface area contributed by atoms with Crippen molar-refractivity contribution in [2.75, 3.05) is 6.54 Å². The number of carbonyl (C=O) groups is 2. The highest BCUT2D eigenvalue weighted by atomic mass is 32.1. The smallest absolute Gasteiger partial charge is 0.325 e. The molecule has 0 aliphatic heterocycles. The van der Waals surface area contributed by atoms with Crippen LogP contribution in [0.3, 0.4) is 0 Å². The van der Waals surface area contributed by atoms with Gasteiger partial charge in [0.05, 0.1) is 0 Å². The lowest BCUT2D eigenvalue weighted by atomic mass is 9.49. The van der Waals surface area contributed by atoms with Gasteiger partial charge >= 0.3 is 5.97 Å². The summed E-state index contributed by atoms with van der Waals surface area (Å²) >= 11 is 1.54. The molecule has 0 atom stereocenters. The lowest BCUT2D eigenvalue weighted by Crippen LogP contribution is -2.54. The summed E-state index contributed by atoms with van der Waals surface area (Å²) in [5.74, 6) is 2.33. The number of amides is 1. The van der Waals surface area contributed by atoms with Gasteiger partial charge in [-0.25, -0.2) is 0 Å². The monoisotopic (exact) mass is 401 g/mol. The van der Waals surface area contributed by atoms with Crippen LogP contribution in [-0.4, -0.2) is 28.6 Å². The molecule has 0 spiro atoms. The summed E-state index contributed by atoms with van der Waals surface area (Å²) in [5.41, 5.74) is 0.617. The molecule has 4 aliphatic rings. The number of aromatic nitrogens is 2. The molecule has 2 heterocycles. The lowest BCUT2D eigenvalue weighted by molar-refractivity contribution is -0.151. The Labute approximate surface area is 166 Å². The molecule has 0 aromatic carbocycles. The quantitative estimate of drug-likeness (QED) is 0.747. The van der Waals surface area contributed by atoms with Crippen molar-refractivity contribution in [3.05, 3.63) is 22.7 Å². The van der Waals surface area contributed by atoms with E-state index < -0.39 is 5.97 Å². The van der Waals surface area contributed by atoms with Crippen LogP contribution in [-0.2, 0) is 20.9 Å². The van der Waals surface area contributed by atoms with Crippen molar-refractivity contribution in [1.82, 2.24) is 15.5 Å². The first kappa shape index (κ1) is 17.8. The van der Waals surface area contributed by atoms with Crippen LogP contribution in [0.25, 0.3) is 11.4 Å². The molecule has 4 saturated carbocycles. The van der Waals surface area contributed by atoms with Gasteiger partial charge in [-0.2, -0.15) is 16.3 Å². The maximum absolute atomic E-state index is 12.9. The van der Waals surface area contributed by atoms with Crippen LogP contribution < -0.4 is 5.32 Å². The Balaban J connectivity index is 1.11. The highest BCUT2D eigenvalue weighted by Gasteiger charge is 2.54. The average molecular weight is 401 g/mol. The zero-order valence-corrected chi connectivity index (χ0v) is 16.4. The molecule has 0 unspecified atom stereocenters. The van der Waals surface area contributed by atoms with Crippen molar-refractivity contribution in [1.29, 1.82) is 0 Å². The first-order valence-electron chi connectivity index (χ1n) is 9.89. The van der Waals surface area contributed by atoms with E-state index in [0.717, 1.165) is 24.8 Å². The second-order valence-electron chi connectivity index (χ2n) is 8.56. The molecule has 2 aromatic heterocycles. The van der Waals surface area contributed by atoms with Crippen molar-refractivity contribution in [3.63, 3.8) is 0 Å². The topological polar surface area (TPSA) is 94.3 Å². The Morgan fingerprint density at radius 2 is 1.93 bits per heavy atom. The van der Waals surface area contributed by atoms with E-state index in [1.807, 2.05) is 16.8 Å². The minimum Gasteiger partial charge on any atom is -0.454 e. The van der Waals surface area contributed by atoms with E-state index in [2.05, 4.69) is 15.5 Å². The number of hydrogen-bond acceptors (Lipinski definition) is 7. The highest BCUT2D eigenvalue weighted by molar-refractivity contribution is 7.08. The van der Waals surface area contributed by atoms with Crippen molar-refractivity contribution in [2.45, 2.75) is 45.1 Å². The van der Waals surface area contributed by atoms with Gasteiger partial charge in [0.1, 0.15) is 6.54 Å². The molecule has 2 aromatic rings. The van der Waals surface area contributed by atoms with Crippen molar-refractivity contribution in [2.24, 2.45) is 23.2 Å². The number of esters is 1. The molecule has 7 nitrogen and oxygen atoms in total. The van der Waals surface area contributed by atoms with Crippen LogP contribution in [0.15, 0.2) is 21.3 Å². The third-order valence-electron chi connectivity index (χ3n) is 6.52. The summed E-state index contributed by atoms with van der Waals surface area (Å²) < 4.78 is 10.3. The molecule has 4 bridgehead atoms. The summed E-state index contributed by atoms with van der Waals surface area (Å²) in [7, 11) is 0. The van der Waals surface area contributed by atoms with Crippen molar-refractivity contribution in [3.8, 4) is 11.4 Å². The van der Waals surface area contributed by atoms with Gasteiger partial charge in [0.15, 0.2) is 6.61 Å².